The fourth-order valence-corrected chi connectivity index (χ4v) is 1.96. The minimum Gasteiger partial charge on any atom is -0.125 e. The van der Waals surface area contributed by atoms with Gasteiger partial charge in [0.25, 0.3) is 0 Å². The van der Waals surface area contributed by atoms with Gasteiger partial charge in [0.2, 0.25) is 0 Å². The molecule has 80 valence electrons. The van der Waals surface area contributed by atoms with Crippen LogP contribution in [0, 0.1) is 0 Å². The molecule has 0 saturated carbocycles. The molecule has 1 unspecified atom stereocenters. The van der Waals surface area contributed by atoms with Crippen LogP contribution in [-0.2, 0) is 20.4 Å². The second-order valence-corrected chi connectivity index (χ2v) is 3.97. The fourth-order valence-electron chi connectivity index (χ4n) is 1.51. The summed E-state index contributed by atoms with van der Waals surface area (Å²) < 4.78 is 0. The van der Waals surface area contributed by atoms with Gasteiger partial charge in [-0.25, -0.2) is 0 Å². The van der Waals surface area contributed by atoms with E-state index in [0.29, 0.717) is 5.66 Å². The summed E-state index contributed by atoms with van der Waals surface area (Å²) in [6.45, 7) is 0. The second-order valence-electron chi connectivity index (χ2n) is 3.30. The smallest absolute Gasteiger partial charge is 0.0234 e. The summed E-state index contributed by atoms with van der Waals surface area (Å²) in [5, 5.41) is 0. The van der Waals surface area contributed by atoms with E-state index in [4.69, 9.17) is 0 Å². The van der Waals surface area contributed by atoms with Gasteiger partial charge in [0.15, 0.2) is 0 Å². The Labute approximate surface area is 107 Å². The van der Waals surface area contributed by atoms with Gasteiger partial charge in [-0.1, -0.05) is 60.7 Å². The van der Waals surface area contributed by atoms with Gasteiger partial charge in [-0.15, -0.1) is 9.24 Å². The molecule has 1 atom stereocenters. The van der Waals surface area contributed by atoms with Gasteiger partial charge in [-0.05, 0) is 11.1 Å². The van der Waals surface area contributed by atoms with Crippen molar-refractivity contribution in [3.05, 3.63) is 71.8 Å². The van der Waals surface area contributed by atoms with Crippen LogP contribution in [0.5, 0.6) is 0 Å². The maximum atomic E-state index is 2.89. The Kier molecular flexibility index (Phi) is 5.20. The Morgan fingerprint density at radius 2 is 1.00 bits per heavy atom. The molecule has 0 aromatic heterocycles. The van der Waals surface area contributed by atoms with E-state index in [1.54, 1.807) is 0 Å². The van der Waals surface area contributed by atoms with Crippen LogP contribution in [0.3, 0.4) is 0 Å². The van der Waals surface area contributed by atoms with Crippen LogP contribution in [0.1, 0.15) is 16.8 Å². The molecule has 0 radical (unpaired) electrons. The molecule has 0 amide bonds. The van der Waals surface area contributed by atoms with Crippen LogP contribution in [0.15, 0.2) is 60.7 Å². The maximum Gasteiger partial charge on any atom is 0.0234 e. The van der Waals surface area contributed by atoms with E-state index < -0.39 is 0 Å². The fraction of sp³-hybridized carbons (Fsp3) is 0.0769. The zero-order valence-corrected chi connectivity index (χ0v) is 11.0. The van der Waals surface area contributed by atoms with Crippen molar-refractivity contribution in [2.45, 2.75) is 5.66 Å². The van der Waals surface area contributed by atoms with Crippen molar-refractivity contribution in [1.82, 2.24) is 0 Å². The van der Waals surface area contributed by atoms with E-state index in [9.17, 15) is 0 Å². The minimum atomic E-state index is 0. The number of hydrogen-bond acceptors (Lipinski definition) is 0. The molecule has 0 nitrogen and oxygen atoms in total. The molecule has 0 aliphatic rings. The number of rotatable bonds is 2. The molecule has 0 aliphatic heterocycles. The van der Waals surface area contributed by atoms with Crippen molar-refractivity contribution < 1.29 is 20.4 Å². The van der Waals surface area contributed by atoms with Gasteiger partial charge < -0.3 is 0 Å². The van der Waals surface area contributed by atoms with Gasteiger partial charge in [-0.3, -0.25) is 0 Å². The molecular formula is C13H13PPd. The summed E-state index contributed by atoms with van der Waals surface area (Å²) in [5.41, 5.74) is 3.07. The van der Waals surface area contributed by atoms with Crippen molar-refractivity contribution in [2.24, 2.45) is 0 Å². The van der Waals surface area contributed by atoms with Crippen LogP contribution in [0.25, 0.3) is 0 Å². The first-order valence-corrected chi connectivity index (χ1v) is 5.40. The molecule has 0 N–H and O–H groups in total. The molecule has 2 rings (SSSR count). The average Bonchev–Trinajstić information content (AvgIpc) is 2.30. The molecule has 0 heterocycles. The van der Waals surface area contributed by atoms with Crippen molar-refractivity contribution in [3.8, 4) is 0 Å². The molecular weight excluding hydrogens is 294 g/mol. The van der Waals surface area contributed by atoms with Crippen LogP contribution < -0.4 is 0 Å². The SMILES string of the molecule is PC(c1ccccc1)c1ccccc1.[Pd]. The van der Waals surface area contributed by atoms with Crippen molar-refractivity contribution in [3.63, 3.8) is 0 Å². The summed E-state index contributed by atoms with van der Waals surface area (Å²) in [6, 6.07) is 21.0. The number of benzene rings is 2. The molecule has 0 bridgehead atoms. The summed E-state index contributed by atoms with van der Waals surface area (Å²) >= 11 is 0. The first-order chi connectivity index (χ1) is 6.88. The van der Waals surface area contributed by atoms with E-state index >= 15 is 0 Å². The minimum absolute atomic E-state index is 0. The predicted octanol–water partition coefficient (Wildman–Crippen LogP) is 3.65. The Balaban J connectivity index is 0.00000112. The monoisotopic (exact) mass is 306 g/mol. The topological polar surface area (TPSA) is 0 Å². The molecule has 0 aliphatic carbocycles. The van der Waals surface area contributed by atoms with Gasteiger partial charge in [0.05, 0.1) is 0 Å². The van der Waals surface area contributed by atoms with E-state index in [2.05, 4.69) is 57.8 Å². The molecule has 0 spiro atoms. The zero-order chi connectivity index (χ0) is 9.80. The Morgan fingerprint density at radius 1 is 0.667 bits per heavy atom. The Hall–Kier alpha value is -0.468. The van der Waals surface area contributed by atoms with Crippen LogP contribution in [-0.4, -0.2) is 0 Å². The summed E-state index contributed by atoms with van der Waals surface area (Å²) in [7, 11) is 2.89. The quantitative estimate of drug-likeness (QED) is 0.587. The molecule has 2 aromatic rings. The first-order valence-electron chi connectivity index (χ1n) is 4.73. The Bertz CT molecular complexity index is 346. The normalized spacial score (nSPS) is 9.73. The third-order valence-electron chi connectivity index (χ3n) is 2.32. The van der Waals surface area contributed by atoms with E-state index in [-0.39, 0.29) is 20.4 Å². The van der Waals surface area contributed by atoms with Gasteiger partial charge in [0.1, 0.15) is 0 Å². The van der Waals surface area contributed by atoms with Crippen LogP contribution in [0.2, 0.25) is 0 Å². The summed E-state index contributed by atoms with van der Waals surface area (Å²) in [4.78, 5) is 0. The summed E-state index contributed by atoms with van der Waals surface area (Å²) in [5.74, 6) is 0. The standard InChI is InChI=1S/C13H13P.Pd/c14-13(11-7-3-1-4-8-11)12-9-5-2-6-10-12;/h1-10,13H,14H2;. The van der Waals surface area contributed by atoms with Gasteiger partial charge >= 0.3 is 0 Å². The third-order valence-corrected chi connectivity index (χ3v) is 3.09. The van der Waals surface area contributed by atoms with Gasteiger partial charge in [-0.2, -0.15) is 0 Å². The second kappa shape index (κ2) is 6.19. The van der Waals surface area contributed by atoms with E-state index in [1.165, 1.54) is 11.1 Å². The molecule has 2 heteroatoms. The van der Waals surface area contributed by atoms with Gasteiger partial charge in [0, 0.05) is 26.1 Å². The maximum absolute atomic E-state index is 2.89. The van der Waals surface area contributed by atoms with E-state index in [0.717, 1.165) is 0 Å². The molecule has 0 saturated heterocycles. The largest absolute Gasteiger partial charge is 0.125 e. The first kappa shape index (κ1) is 12.6. The van der Waals surface area contributed by atoms with E-state index in [1.807, 2.05) is 12.1 Å². The third kappa shape index (κ3) is 3.25. The average molecular weight is 307 g/mol. The predicted molar refractivity (Wildman–Crippen MR) is 64.4 cm³/mol. The van der Waals surface area contributed by atoms with Crippen LogP contribution in [0.4, 0.5) is 0 Å². The van der Waals surface area contributed by atoms with Crippen molar-refractivity contribution in [1.29, 1.82) is 0 Å². The molecule has 15 heavy (non-hydrogen) atoms. The molecule has 0 fully saturated rings. The van der Waals surface area contributed by atoms with Crippen molar-refractivity contribution in [2.75, 3.05) is 0 Å². The van der Waals surface area contributed by atoms with Crippen molar-refractivity contribution >= 4 is 9.24 Å². The zero-order valence-electron chi connectivity index (χ0n) is 8.24. The Morgan fingerprint density at radius 3 is 1.33 bits per heavy atom. The molecule has 2 aromatic carbocycles. The number of hydrogen-bond donors (Lipinski definition) is 0. The summed E-state index contributed by atoms with van der Waals surface area (Å²) in [6.07, 6.45) is 0. The van der Waals surface area contributed by atoms with Crippen LogP contribution >= 0.6 is 9.24 Å².